The first kappa shape index (κ1) is 14.3. The lowest BCUT2D eigenvalue weighted by Gasteiger charge is -2.28. The predicted molar refractivity (Wildman–Crippen MR) is 55.0 cm³/mol. The van der Waals surface area contributed by atoms with Crippen molar-refractivity contribution in [2.75, 3.05) is 26.4 Å². The molecule has 0 aliphatic carbocycles. The third kappa shape index (κ3) is 5.08. The zero-order valence-corrected chi connectivity index (χ0v) is 8.78. The van der Waals surface area contributed by atoms with Crippen molar-refractivity contribution < 1.29 is 20.1 Å². The molecule has 0 saturated carbocycles. The van der Waals surface area contributed by atoms with Crippen LogP contribution in [0.3, 0.4) is 0 Å². The number of unbranched alkanes of at least 4 members (excludes halogenated alkanes) is 1. The summed E-state index contributed by atoms with van der Waals surface area (Å²) in [5.74, 6) is -0.305. The Bertz CT molecular complexity index is 175. The van der Waals surface area contributed by atoms with Gasteiger partial charge in [-0.15, -0.1) is 0 Å². The molecule has 0 aromatic carbocycles. The number of hydrogen-bond donors (Lipinski definition) is 5. The van der Waals surface area contributed by atoms with Gasteiger partial charge >= 0.3 is 0 Å². The van der Waals surface area contributed by atoms with E-state index in [1.165, 1.54) is 0 Å². The number of nitrogens with two attached hydrogens (primary N) is 1. The van der Waals surface area contributed by atoms with Crippen LogP contribution in [0.5, 0.6) is 0 Å². The summed E-state index contributed by atoms with van der Waals surface area (Å²) < 4.78 is 0. The van der Waals surface area contributed by atoms with E-state index in [-0.39, 0.29) is 12.3 Å². The molecule has 6 N–H and O–H groups in total. The van der Waals surface area contributed by atoms with Crippen LogP contribution in [0, 0.1) is 0 Å². The van der Waals surface area contributed by atoms with Crippen LogP contribution in [0.2, 0.25) is 0 Å². The Balaban J connectivity index is 4.00. The molecule has 0 aromatic heterocycles. The maximum Gasteiger partial charge on any atom is 0.220 e. The van der Waals surface area contributed by atoms with Gasteiger partial charge in [0.2, 0.25) is 5.91 Å². The number of nitrogens with one attached hydrogen (secondary N) is 1. The first-order valence-corrected chi connectivity index (χ1v) is 4.98. The van der Waals surface area contributed by atoms with Gasteiger partial charge in [-0.2, -0.15) is 0 Å². The molecular formula is C9H20N2O4. The van der Waals surface area contributed by atoms with E-state index in [1.807, 2.05) is 0 Å². The number of aliphatic hydroxyl groups excluding tert-OH is 3. The van der Waals surface area contributed by atoms with Crippen molar-refractivity contribution in [3.8, 4) is 0 Å². The molecule has 90 valence electrons. The fraction of sp³-hybridized carbons (Fsp3) is 0.889. The van der Waals surface area contributed by atoms with Crippen molar-refractivity contribution in [3.05, 3.63) is 0 Å². The Kier molecular flexibility index (Phi) is 7.23. The molecule has 6 nitrogen and oxygen atoms in total. The molecule has 0 fully saturated rings. The van der Waals surface area contributed by atoms with Gasteiger partial charge in [0.05, 0.1) is 19.8 Å². The fourth-order valence-corrected chi connectivity index (χ4v) is 1.06. The second kappa shape index (κ2) is 7.58. The van der Waals surface area contributed by atoms with Gasteiger partial charge in [0.25, 0.3) is 0 Å². The van der Waals surface area contributed by atoms with Crippen molar-refractivity contribution in [1.29, 1.82) is 0 Å². The summed E-state index contributed by atoms with van der Waals surface area (Å²) in [7, 11) is 0. The summed E-state index contributed by atoms with van der Waals surface area (Å²) >= 11 is 0. The summed E-state index contributed by atoms with van der Waals surface area (Å²) in [6, 6.07) is 0. The molecule has 1 amide bonds. The van der Waals surface area contributed by atoms with Crippen LogP contribution in [-0.4, -0.2) is 53.1 Å². The van der Waals surface area contributed by atoms with Crippen LogP contribution < -0.4 is 11.1 Å². The summed E-state index contributed by atoms with van der Waals surface area (Å²) in [5, 5.41) is 29.2. The second-order valence-electron chi connectivity index (χ2n) is 3.55. The predicted octanol–water partition coefficient (Wildman–Crippen LogP) is -2.05. The van der Waals surface area contributed by atoms with Crippen molar-refractivity contribution in [2.24, 2.45) is 5.73 Å². The highest BCUT2D eigenvalue weighted by Gasteiger charge is 2.29. The van der Waals surface area contributed by atoms with E-state index in [9.17, 15) is 4.79 Å². The molecular weight excluding hydrogens is 200 g/mol. The van der Waals surface area contributed by atoms with E-state index in [0.29, 0.717) is 13.0 Å². The monoisotopic (exact) mass is 220 g/mol. The molecule has 0 aliphatic rings. The van der Waals surface area contributed by atoms with Gasteiger partial charge in [-0.1, -0.05) is 0 Å². The number of rotatable bonds is 8. The van der Waals surface area contributed by atoms with Crippen LogP contribution in [0.4, 0.5) is 0 Å². The third-order valence-electron chi connectivity index (χ3n) is 2.17. The van der Waals surface area contributed by atoms with Crippen LogP contribution in [0.1, 0.15) is 19.3 Å². The zero-order valence-electron chi connectivity index (χ0n) is 8.78. The van der Waals surface area contributed by atoms with Crippen molar-refractivity contribution in [2.45, 2.75) is 24.8 Å². The van der Waals surface area contributed by atoms with Crippen LogP contribution >= 0.6 is 0 Å². The first-order valence-electron chi connectivity index (χ1n) is 4.98. The molecule has 0 unspecified atom stereocenters. The van der Waals surface area contributed by atoms with Gasteiger partial charge in [-0.05, 0) is 19.4 Å². The summed E-state index contributed by atoms with van der Waals surface area (Å²) in [4.78, 5) is 11.3. The fourth-order valence-electron chi connectivity index (χ4n) is 1.06. The lowest BCUT2D eigenvalue weighted by Crippen LogP contribution is -2.57. The van der Waals surface area contributed by atoms with E-state index in [0.717, 1.165) is 6.42 Å². The smallest absolute Gasteiger partial charge is 0.220 e. The van der Waals surface area contributed by atoms with Crippen molar-refractivity contribution >= 4 is 5.91 Å². The molecule has 15 heavy (non-hydrogen) atoms. The van der Waals surface area contributed by atoms with E-state index < -0.39 is 25.4 Å². The maximum absolute atomic E-state index is 11.3. The van der Waals surface area contributed by atoms with E-state index in [2.05, 4.69) is 5.32 Å². The molecule has 0 atom stereocenters. The van der Waals surface area contributed by atoms with Gasteiger partial charge < -0.3 is 26.4 Å². The minimum atomic E-state index is -1.32. The first-order chi connectivity index (χ1) is 7.14. The molecule has 0 aromatic rings. The number of aliphatic hydroxyl groups is 3. The molecule has 0 aliphatic heterocycles. The average molecular weight is 220 g/mol. The average Bonchev–Trinajstić information content (AvgIpc) is 2.26. The number of carbonyl (C=O) groups excluding carboxylic acids is 1. The van der Waals surface area contributed by atoms with Crippen molar-refractivity contribution in [3.63, 3.8) is 0 Å². The molecule has 0 radical (unpaired) electrons. The van der Waals surface area contributed by atoms with Crippen LogP contribution in [0.15, 0.2) is 0 Å². The van der Waals surface area contributed by atoms with E-state index in [4.69, 9.17) is 21.1 Å². The Hall–Kier alpha value is -0.690. The molecule has 0 rings (SSSR count). The zero-order chi connectivity index (χ0) is 11.7. The molecule has 0 saturated heterocycles. The Labute approximate surface area is 89.1 Å². The third-order valence-corrected chi connectivity index (χ3v) is 2.17. The highest BCUT2D eigenvalue weighted by Crippen LogP contribution is 2.03. The number of carbonyl (C=O) groups is 1. The Morgan fingerprint density at radius 1 is 1.13 bits per heavy atom. The Morgan fingerprint density at radius 2 is 1.67 bits per heavy atom. The highest BCUT2D eigenvalue weighted by atomic mass is 16.3. The van der Waals surface area contributed by atoms with E-state index >= 15 is 0 Å². The largest absolute Gasteiger partial charge is 0.394 e. The minimum Gasteiger partial charge on any atom is -0.394 e. The topological polar surface area (TPSA) is 116 Å². The quantitative estimate of drug-likeness (QED) is 0.302. The number of hydrogen-bond acceptors (Lipinski definition) is 5. The molecule has 0 heterocycles. The summed E-state index contributed by atoms with van der Waals surface area (Å²) in [6.07, 6.45) is 1.68. The van der Waals surface area contributed by atoms with Gasteiger partial charge in [-0.25, -0.2) is 0 Å². The van der Waals surface area contributed by atoms with Crippen LogP contribution in [-0.2, 0) is 4.79 Å². The van der Waals surface area contributed by atoms with E-state index in [1.54, 1.807) is 0 Å². The highest BCUT2D eigenvalue weighted by molar-refractivity contribution is 5.76. The van der Waals surface area contributed by atoms with Gasteiger partial charge in [-0.3, -0.25) is 4.79 Å². The normalized spacial score (nSPS) is 11.5. The molecule has 0 bridgehead atoms. The van der Waals surface area contributed by atoms with Gasteiger partial charge in [0.15, 0.2) is 0 Å². The minimum absolute atomic E-state index is 0.277. The molecule has 0 spiro atoms. The second-order valence-corrected chi connectivity index (χ2v) is 3.55. The van der Waals surface area contributed by atoms with Crippen LogP contribution in [0.25, 0.3) is 0 Å². The lowest BCUT2D eigenvalue weighted by molar-refractivity contribution is -0.125. The summed E-state index contributed by atoms with van der Waals surface area (Å²) in [5.41, 5.74) is 3.95. The van der Waals surface area contributed by atoms with Crippen molar-refractivity contribution in [1.82, 2.24) is 5.32 Å². The number of amides is 1. The maximum atomic E-state index is 11.3. The lowest BCUT2D eigenvalue weighted by atomic mass is 10.0. The Morgan fingerprint density at radius 3 is 2.07 bits per heavy atom. The SMILES string of the molecule is NCCCCC(=O)NC(CO)(CO)CO. The standard InChI is InChI=1S/C9H20N2O4/c10-4-2-1-3-8(15)11-9(5-12,6-13)7-14/h12-14H,1-7,10H2,(H,11,15). The summed E-state index contributed by atoms with van der Waals surface area (Å²) in [6.45, 7) is -0.966. The van der Waals surface area contributed by atoms with Gasteiger partial charge in [0.1, 0.15) is 5.54 Å². The molecule has 6 heteroatoms. The van der Waals surface area contributed by atoms with Gasteiger partial charge in [0, 0.05) is 6.42 Å².